The minimum atomic E-state index is -0.667. The normalized spacial score (nSPS) is 22.6. The van der Waals surface area contributed by atoms with Gasteiger partial charge in [0.25, 0.3) is 0 Å². The minimum Gasteiger partial charge on any atom is -0.481 e. The van der Waals surface area contributed by atoms with Crippen LogP contribution in [0.15, 0.2) is 0 Å². The summed E-state index contributed by atoms with van der Waals surface area (Å²) >= 11 is 0. The standard InChI is InChI=1S/C14H26O3/c1-2-12-13(17-12)10-8-6-4-3-5-7-9-11-14(15)16/h12-13H,2-11H2,1H3,(H,15,16). The molecule has 100 valence electrons. The number of ether oxygens (including phenoxy) is 1. The number of hydrogen-bond donors (Lipinski definition) is 1. The highest BCUT2D eigenvalue weighted by atomic mass is 16.6. The predicted octanol–water partition coefficient (Wildman–Crippen LogP) is 3.76. The Morgan fingerprint density at radius 1 is 1.00 bits per heavy atom. The van der Waals surface area contributed by atoms with Crippen LogP contribution in [0.25, 0.3) is 0 Å². The molecule has 1 fully saturated rings. The van der Waals surface area contributed by atoms with Gasteiger partial charge in [-0.3, -0.25) is 4.79 Å². The molecule has 1 rings (SSSR count). The molecule has 0 aromatic rings. The van der Waals surface area contributed by atoms with E-state index in [0.717, 1.165) is 19.3 Å². The predicted molar refractivity (Wildman–Crippen MR) is 68.1 cm³/mol. The van der Waals surface area contributed by atoms with Crippen molar-refractivity contribution in [2.45, 2.75) is 83.3 Å². The first kappa shape index (κ1) is 14.5. The third kappa shape index (κ3) is 7.37. The lowest BCUT2D eigenvalue weighted by Crippen LogP contribution is -1.94. The summed E-state index contributed by atoms with van der Waals surface area (Å²) in [7, 11) is 0. The average molecular weight is 242 g/mol. The van der Waals surface area contributed by atoms with E-state index in [-0.39, 0.29) is 0 Å². The van der Waals surface area contributed by atoms with E-state index in [9.17, 15) is 4.79 Å². The van der Waals surface area contributed by atoms with E-state index in [1.807, 2.05) is 0 Å². The fourth-order valence-corrected chi connectivity index (χ4v) is 2.30. The Morgan fingerprint density at radius 2 is 1.59 bits per heavy atom. The maximum atomic E-state index is 10.3. The highest BCUT2D eigenvalue weighted by Gasteiger charge is 2.35. The molecule has 1 aliphatic heterocycles. The fourth-order valence-electron chi connectivity index (χ4n) is 2.30. The van der Waals surface area contributed by atoms with Gasteiger partial charge < -0.3 is 9.84 Å². The molecular formula is C14H26O3. The Bertz CT molecular complexity index is 216. The van der Waals surface area contributed by atoms with E-state index in [2.05, 4.69) is 6.92 Å². The smallest absolute Gasteiger partial charge is 0.303 e. The van der Waals surface area contributed by atoms with Gasteiger partial charge >= 0.3 is 5.97 Å². The van der Waals surface area contributed by atoms with Crippen molar-refractivity contribution in [3.63, 3.8) is 0 Å². The number of carbonyl (C=O) groups is 1. The molecule has 0 aromatic carbocycles. The summed E-state index contributed by atoms with van der Waals surface area (Å²) in [6.07, 6.45) is 12.1. The lowest BCUT2D eigenvalue weighted by Gasteiger charge is -2.00. The van der Waals surface area contributed by atoms with Gasteiger partial charge in [0, 0.05) is 6.42 Å². The Kier molecular flexibility index (Phi) is 7.25. The van der Waals surface area contributed by atoms with Crippen molar-refractivity contribution in [1.29, 1.82) is 0 Å². The van der Waals surface area contributed by atoms with Crippen molar-refractivity contribution in [2.75, 3.05) is 0 Å². The molecule has 0 aliphatic carbocycles. The van der Waals surface area contributed by atoms with Crippen LogP contribution in [-0.4, -0.2) is 23.3 Å². The van der Waals surface area contributed by atoms with Gasteiger partial charge in [0.1, 0.15) is 0 Å². The summed E-state index contributed by atoms with van der Waals surface area (Å²) in [5.74, 6) is -0.667. The zero-order valence-electron chi connectivity index (χ0n) is 11.0. The third-order valence-corrected chi connectivity index (χ3v) is 3.47. The molecule has 0 bridgehead atoms. The molecule has 2 atom stereocenters. The largest absolute Gasteiger partial charge is 0.481 e. The van der Waals surface area contributed by atoms with E-state index in [1.165, 1.54) is 38.5 Å². The second-order valence-electron chi connectivity index (χ2n) is 5.03. The van der Waals surface area contributed by atoms with Crippen molar-refractivity contribution in [2.24, 2.45) is 0 Å². The molecule has 0 saturated carbocycles. The fraction of sp³-hybridized carbons (Fsp3) is 0.929. The number of aliphatic carboxylic acids is 1. The number of rotatable bonds is 11. The van der Waals surface area contributed by atoms with Gasteiger partial charge in [0.05, 0.1) is 12.2 Å². The monoisotopic (exact) mass is 242 g/mol. The molecule has 0 spiro atoms. The van der Waals surface area contributed by atoms with E-state index < -0.39 is 5.97 Å². The molecule has 3 heteroatoms. The molecule has 2 unspecified atom stereocenters. The zero-order valence-corrected chi connectivity index (χ0v) is 11.0. The molecule has 1 saturated heterocycles. The van der Waals surface area contributed by atoms with Crippen molar-refractivity contribution in [3.8, 4) is 0 Å². The van der Waals surface area contributed by atoms with Crippen LogP contribution >= 0.6 is 0 Å². The van der Waals surface area contributed by atoms with E-state index in [1.54, 1.807) is 0 Å². The Balaban J connectivity index is 1.72. The number of carboxylic acids is 1. The van der Waals surface area contributed by atoms with Crippen molar-refractivity contribution in [3.05, 3.63) is 0 Å². The van der Waals surface area contributed by atoms with E-state index in [4.69, 9.17) is 9.84 Å². The highest BCUT2D eigenvalue weighted by Crippen LogP contribution is 2.29. The first-order valence-corrected chi connectivity index (χ1v) is 7.11. The lowest BCUT2D eigenvalue weighted by atomic mass is 10.1. The van der Waals surface area contributed by atoms with Crippen LogP contribution in [0.3, 0.4) is 0 Å². The first-order valence-electron chi connectivity index (χ1n) is 7.11. The van der Waals surface area contributed by atoms with Gasteiger partial charge in [0.15, 0.2) is 0 Å². The summed E-state index contributed by atoms with van der Waals surface area (Å²) in [6, 6.07) is 0. The molecule has 0 radical (unpaired) electrons. The molecule has 0 aromatic heterocycles. The van der Waals surface area contributed by atoms with Crippen molar-refractivity contribution in [1.82, 2.24) is 0 Å². The van der Waals surface area contributed by atoms with Gasteiger partial charge in [-0.05, 0) is 19.3 Å². The molecule has 17 heavy (non-hydrogen) atoms. The second-order valence-corrected chi connectivity index (χ2v) is 5.03. The van der Waals surface area contributed by atoms with Crippen LogP contribution in [0.2, 0.25) is 0 Å². The molecule has 1 N–H and O–H groups in total. The Labute approximate surface area is 105 Å². The summed E-state index contributed by atoms with van der Waals surface area (Å²) in [6.45, 7) is 2.18. The Hall–Kier alpha value is -0.570. The Morgan fingerprint density at radius 3 is 2.12 bits per heavy atom. The van der Waals surface area contributed by atoms with E-state index in [0.29, 0.717) is 18.6 Å². The van der Waals surface area contributed by atoms with Gasteiger partial charge in [-0.2, -0.15) is 0 Å². The summed E-state index contributed by atoms with van der Waals surface area (Å²) in [5.41, 5.74) is 0. The molecule has 0 amide bonds. The quantitative estimate of drug-likeness (QED) is 0.443. The molecule has 3 nitrogen and oxygen atoms in total. The van der Waals surface area contributed by atoms with Crippen LogP contribution in [0, 0.1) is 0 Å². The first-order chi connectivity index (χ1) is 8.24. The van der Waals surface area contributed by atoms with Gasteiger partial charge in [-0.1, -0.05) is 45.4 Å². The average Bonchev–Trinajstić information content (AvgIpc) is 3.05. The minimum absolute atomic E-state index is 0.331. The van der Waals surface area contributed by atoms with E-state index >= 15 is 0 Å². The van der Waals surface area contributed by atoms with Crippen LogP contribution in [0.4, 0.5) is 0 Å². The summed E-state index contributed by atoms with van der Waals surface area (Å²) < 4.78 is 5.49. The van der Waals surface area contributed by atoms with Crippen molar-refractivity contribution >= 4 is 5.97 Å². The van der Waals surface area contributed by atoms with Crippen molar-refractivity contribution < 1.29 is 14.6 Å². The second kappa shape index (κ2) is 8.51. The van der Waals surface area contributed by atoms with Crippen LogP contribution < -0.4 is 0 Å². The number of carboxylic acid groups (broad SMARTS) is 1. The maximum absolute atomic E-state index is 10.3. The molecule has 1 aliphatic rings. The molecular weight excluding hydrogens is 216 g/mol. The topological polar surface area (TPSA) is 49.8 Å². The van der Waals surface area contributed by atoms with Crippen LogP contribution in [0.1, 0.15) is 71.1 Å². The summed E-state index contributed by atoms with van der Waals surface area (Å²) in [5, 5.41) is 8.47. The van der Waals surface area contributed by atoms with Gasteiger partial charge in [-0.25, -0.2) is 0 Å². The van der Waals surface area contributed by atoms with Gasteiger partial charge in [0.2, 0.25) is 0 Å². The van der Waals surface area contributed by atoms with Crippen LogP contribution in [0.5, 0.6) is 0 Å². The zero-order chi connectivity index (χ0) is 12.5. The van der Waals surface area contributed by atoms with Crippen LogP contribution in [-0.2, 0) is 9.53 Å². The lowest BCUT2D eigenvalue weighted by molar-refractivity contribution is -0.137. The number of unbranched alkanes of at least 4 members (excludes halogenated alkanes) is 6. The highest BCUT2D eigenvalue weighted by molar-refractivity contribution is 5.66. The van der Waals surface area contributed by atoms with Gasteiger partial charge in [-0.15, -0.1) is 0 Å². The maximum Gasteiger partial charge on any atom is 0.303 e. The SMILES string of the molecule is CCC1OC1CCCCCCCCCC(=O)O. The number of epoxide rings is 1. The third-order valence-electron chi connectivity index (χ3n) is 3.47. The summed E-state index contributed by atoms with van der Waals surface area (Å²) in [4.78, 5) is 10.3. The molecule has 1 heterocycles. The number of hydrogen-bond acceptors (Lipinski definition) is 2.